The van der Waals surface area contributed by atoms with Crippen LogP contribution in [0.3, 0.4) is 0 Å². The predicted molar refractivity (Wildman–Crippen MR) is 35.1 cm³/mol. The van der Waals surface area contributed by atoms with E-state index in [0.29, 0.717) is 0 Å². The van der Waals surface area contributed by atoms with Gasteiger partial charge in [-0.25, -0.2) is 0 Å². The first-order valence-corrected chi connectivity index (χ1v) is 3.54. The van der Waals surface area contributed by atoms with Crippen LogP contribution in [0.2, 0.25) is 0 Å². The molecule has 2 nitrogen and oxygen atoms in total. The van der Waals surface area contributed by atoms with Crippen molar-refractivity contribution in [1.29, 1.82) is 0 Å². The zero-order valence-corrected chi connectivity index (χ0v) is 6.04. The maximum Gasteiger partial charge on any atom is 0.406 e. The second-order valence-electron chi connectivity index (χ2n) is 2.80. The summed E-state index contributed by atoms with van der Waals surface area (Å²) in [4.78, 5) is 0. The van der Waals surface area contributed by atoms with E-state index < -0.39 is 11.7 Å². The molecule has 0 radical (unpaired) electrons. The van der Waals surface area contributed by atoms with E-state index in [4.69, 9.17) is 5.73 Å². The lowest BCUT2D eigenvalue weighted by Crippen LogP contribution is -2.46. The molecule has 3 N–H and O–H groups in total. The molecule has 0 aliphatic heterocycles. The highest BCUT2D eigenvalue weighted by molar-refractivity contribution is 5.07. The lowest BCUT2D eigenvalue weighted by molar-refractivity contribution is -0.165. The van der Waals surface area contributed by atoms with Gasteiger partial charge in [0.15, 0.2) is 0 Å². The van der Waals surface area contributed by atoms with Gasteiger partial charge in [0.2, 0.25) is 0 Å². The summed E-state index contributed by atoms with van der Waals surface area (Å²) in [6, 6.07) is 0. The molecule has 1 rings (SSSR count). The van der Waals surface area contributed by atoms with Gasteiger partial charge in [0.05, 0.1) is 0 Å². The van der Waals surface area contributed by atoms with E-state index in [1.54, 1.807) is 0 Å². The zero-order valence-electron chi connectivity index (χ0n) is 6.04. The van der Waals surface area contributed by atoms with Crippen molar-refractivity contribution in [1.82, 2.24) is 5.32 Å². The van der Waals surface area contributed by atoms with Crippen LogP contribution in [0.5, 0.6) is 0 Å². The Kier molecular flexibility index (Phi) is 2.11. The molecule has 0 aromatic heterocycles. The summed E-state index contributed by atoms with van der Waals surface area (Å²) in [5.74, 6) is 0. The molecule has 0 atom stereocenters. The Bertz CT molecular complexity index is 139. The van der Waals surface area contributed by atoms with Gasteiger partial charge in [-0.2, -0.15) is 13.2 Å². The van der Waals surface area contributed by atoms with Crippen LogP contribution in [0, 0.1) is 0 Å². The Morgan fingerprint density at radius 2 is 1.91 bits per heavy atom. The van der Waals surface area contributed by atoms with Gasteiger partial charge in [-0.15, -0.1) is 0 Å². The summed E-state index contributed by atoms with van der Waals surface area (Å²) in [6.45, 7) is 0.483. The molecule has 1 saturated carbocycles. The molecule has 0 saturated heterocycles. The van der Waals surface area contributed by atoms with Gasteiger partial charge in [-0.1, -0.05) is 0 Å². The third-order valence-electron chi connectivity index (χ3n) is 1.90. The molecule has 0 heterocycles. The minimum atomic E-state index is -4.11. The molecule has 1 fully saturated rings. The molecular weight excluding hydrogens is 157 g/mol. The standard InChI is InChI=1S/C6H11F3N2/c7-6(8,9)5(1-2-5)11-4-3-10/h11H,1-4,10H2. The van der Waals surface area contributed by atoms with Gasteiger partial charge in [0.25, 0.3) is 0 Å². The first kappa shape index (κ1) is 8.80. The van der Waals surface area contributed by atoms with Crippen LogP contribution in [0.4, 0.5) is 13.2 Å². The van der Waals surface area contributed by atoms with Crippen molar-refractivity contribution in [2.45, 2.75) is 24.6 Å². The first-order valence-electron chi connectivity index (χ1n) is 3.54. The van der Waals surface area contributed by atoms with Crippen molar-refractivity contribution in [2.24, 2.45) is 5.73 Å². The monoisotopic (exact) mass is 168 g/mol. The van der Waals surface area contributed by atoms with Crippen molar-refractivity contribution in [3.05, 3.63) is 0 Å². The maximum absolute atomic E-state index is 12.1. The van der Waals surface area contributed by atoms with Crippen LogP contribution in [0.1, 0.15) is 12.8 Å². The largest absolute Gasteiger partial charge is 0.406 e. The number of nitrogens with two attached hydrogens (primary N) is 1. The molecule has 0 amide bonds. The lowest BCUT2D eigenvalue weighted by atomic mass is 10.2. The fourth-order valence-electron chi connectivity index (χ4n) is 0.997. The predicted octanol–water partition coefficient (Wildman–Crippen LogP) is 0.630. The fourth-order valence-corrected chi connectivity index (χ4v) is 0.997. The van der Waals surface area contributed by atoms with Gasteiger partial charge in [-0.05, 0) is 12.8 Å². The van der Waals surface area contributed by atoms with Gasteiger partial charge in [0, 0.05) is 13.1 Å². The molecule has 66 valence electrons. The van der Waals surface area contributed by atoms with E-state index >= 15 is 0 Å². The summed E-state index contributed by atoms with van der Waals surface area (Å²) in [7, 11) is 0. The smallest absolute Gasteiger partial charge is 0.329 e. The molecule has 0 aromatic rings. The van der Waals surface area contributed by atoms with Crippen molar-refractivity contribution in [2.75, 3.05) is 13.1 Å². The summed E-state index contributed by atoms with van der Waals surface area (Å²) in [6.07, 6.45) is -3.73. The molecule has 0 unspecified atom stereocenters. The lowest BCUT2D eigenvalue weighted by Gasteiger charge is -2.19. The molecule has 11 heavy (non-hydrogen) atoms. The Morgan fingerprint density at radius 3 is 2.18 bits per heavy atom. The summed E-state index contributed by atoms with van der Waals surface area (Å²) >= 11 is 0. The second kappa shape index (κ2) is 2.64. The highest BCUT2D eigenvalue weighted by Gasteiger charge is 2.62. The topological polar surface area (TPSA) is 38.0 Å². The van der Waals surface area contributed by atoms with E-state index in [0.717, 1.165) is 0 Å². The quantitative estimate of drug-likeness (QED) is 0.648. The summed E-state index contributed by atoms with van der Waals surface area (Å²) in [5.41, 5.74) is 3.49. The van der Waals surface area contributed by atoms with E-state index in [1.807, 2.05) is 0 Å². The van der Waals surface area contributed by atoms with E-state index in [1.165, 1.54) is 0 Å². The molecule has 0 spiro atoms. The van der Waals surface area contributed by atoms with Crippen LogP contribution in [-0.4, -0.2) is 24.8 Å². The Hall–Kier alpha value is -0.290. The van der Waals surface area contributed by atoms with E-state index in [9.17, 15) is 13.2 Å². The second-order valence-corrected chi connectivity index (χ2v) is 2.80. The van der Waals surface area contributed by atoms with Crippen molar-refractivity contribution in [3.63, 3.8) is 0 Å². The maximum atomic E-state index is 12.1. The number of halogens is 3. The SMILES string of the molecule is NCCNC1(C(F)(F)F)CC1. The Morgan fingerprint density at radius 1 is 1.36 bits per heavy atom. The molecule has 0 bridgehead atoms. The highest BCUT2D eigenvalue weighted by Crippen LogP contribution is 2.48. The van der Waals surface area contributed by atoms with Crippen LogP contribution in [0.25, 0.3) is 0 Å². The highest BCUT2D eigenvalue weighted by atomic mass is 19.4. The number of nitrogens with one attached hydrogen (secondary N) is 1. The Labute approximate surface area is 62.9 Å². The van der Waals surface area contributed by atoms with Crippen molar-refractivity contribution < 1.29 is 13.2 Å². The average Bonchev–Trinajstić information content (AvgIpc) is 2.61. The third-order valence-corrected chi connectivity index (χ3v) is 1.90. The first-order chi connectivity index (χ1) is 5.02. The molecule has 0 aromatic carbocycles. The number of hydrogen-bond donors (Lipinski definition) is 2. The fraction of sp³-hybridized carbons (Fsp3) is 1.00. The minimum Gasteiger partial charge on any atom is -0.329 e. The zero-order chi connectivity index (χ0) is 8.54. The van der Waals surface area contributed by atoms with Gasteiger partial charge in [-0.3, -0.25) is 0 Å². The van der Waals surface area contributed by atoms with Crippen LogP contribution in [-0.2, 0) is 0 Å². The van der Waals surface area contributed by atoms with Crippen LogP contribution < -0.4 is 11.1 Å². The number of rotatable bonds is 3. The summed E-state index contributed by atoms with van der Waals surface area (Å²) < 4.78 is 36.3. The van der Waals surface area contributed by atoms with Crippen LogP contribution >= 0.6 is 0 Å². The van der Waals surface area contributed by atoms with Crippen LogP contribution in [0.15, 0.2) is 0 Å². The van der Waals surface area contributed by atoms with Crippen molar-refractivity contribution >= 4 is 0 Å². The van der Waals surface area contributed by atoms with Gasteiger partial charge in [0.1, 0.15) is 5.54 Å². The third kappa shape index (κ3) is 1.65. The van der Waals surface area contributed by atoms with Crippen molar-refractivity contribution in [3.8, 4) is 0 Å². The normalized spacial score (nSPS) is 21.8. The summed E-state index contributed by atoms with van der Waals surface area (Å²) in [5, 5.41) is 2.41. The van der Waals surface area contributed by atoms with Gasteiger partial charge >= 0.3 is 6.18 Å². The van der Waals surface area contributed by atoms with E-state index in [-0.39, 0.29) is 25.9 Å². The van der Waals surface area contributed by atoms with Gasteiger partial charge < -0.3 is 11.1 Å². The van der Waals surface area contributed by atoms with E-state index in [2.05, 4.69) is 5.32 Å². The molecule has 5 heteroatoms. The Balaban J connectivity index is 2.41. The molecule has 1 aliphatic rings. The number of alkyl halides is 3. The number of hydrogen-bond acceptors (Lipinski definition) is 2. The minimum absolute atomic E-state index is 0.191. The average molecular weight is 168 g/mol. The molecular formula is C6H11F3N2. The molecule has 1 aliphatic carbocycles.